The SMILES string of the molecule is Cc1ccc(Cl)cc1OCC(=O)On1c(C(F)(F)F)nc2nc(Cl)ccc21. The lowest BCUT2D eigenvalue weighted by Gasteiger charge is -2.12. The van der Waals surface area contributed by atoms with E-state index in [1.165, 1.54) is 18.2 Å². The van der Waals surface area contributed by atoms with Crippen LogP contribution in [0.4, 0.5) is 13.2 Å². The summed E-state index contributed by atoms with van der Waals surface area (Å²) in [6, 6.07) is 7.24. The number of pyridine rings is 1. The van der Waals surface area contributed by atoms with Crippen LogP contribution < -0.4 is 9.57 Å². The molecule has 6 nitrogen and oxygen atoms in total. The predicted octanol–water partition coefficient (Wildman–Crippen LogP) is 4.10. The standard InChI is InChI=1S/C16H10Cl2F3N3O3/c1-8-2-3-9(17)6-11(8)26-7-13(25)27-24-10-4-5-12(18)22-14(10)23-15(24)16(19,20)21/h2-6H,7H2,1H3. The molecule has 0 radical (unpaired) electrons. The molecule has 0 aliphatic heterocycles. The molecule has 3 rings (SSSR count). The van der Waals surface area contributed by atoms with Crippen LogP contribution in [0.5, 0.6) is 5.75 Å². The van der Waals surface area contributed by atoms with Gasteiger partial charge >= 0.3 is 12.1 Å². The summed E-state index contributed by atoms with van der Waals surface area (Å²) in [7, 11) is 0. The topological polar surface area (TPSA) is 66.2 Å². The highest BCUT2D eigenvalue weighted by Gasteiger charge is 2.39. The van der Waals surface area contributed by atoms with Gasteiger partial charge in [-0.25, -0.2) is 14.8 Å². The van der Waals surface area contributed by atoms with Crippen LogP contribution in [-0.2, 0) is 11.0 Å². The first-order chi connectivity index (χ1) is 12.6. The van der Waals surface area contributed by atoms with E-state index in [4.69, 9.17) is 32.8 Å². The van der Waals surface area contributed by atoms with E-state index in [1.54, 1.807) is 19.1 Å². The van der Waals surface area contributed by atoms with E-state index in [-0.39, 0.29) is 21.0 Å². The highest BCUT2D eigenvalue weighted by atomic mass is 35.5. The molecule has 11 heteroatoms. The summed E-state index contributed by atoms with van der Waals surface area (Å²) in [4.78, 5) is 23.9. The third-order valence-electron chi connectivity index (χ3n) is 3.39. The van der Waals surface area contributed by atoms with Crippen molar-refractivity contribution in [1.29, 1.82) is 0 Å². The molecule has 0 bridgehead atoms. The second-order valence-corrected chi connectivity index (χ2v) is 6.19. The van der Waals surface area contributed by atoms with E-state index in [0.717, 1.165) is 0 Å². The van der Waals surface area contributed by atoms with E-state index in [0.29, 0.717) is 16.3 Å². The molecule has 0 fully saturated rings. The maximum absolute atomic E-state index is 13.2. The predicted molar refractivity (Wildman–Crippen MR) is 90.8 cm³/mol. The average Bonchev–Trinajstić information content (AvgIpc) is 2.93. The number of halogens is 5. The molecule has 0 aliphatic rings. The van der Waals surface area contributed by atoms with Crippen molar-refractivity contribution in [1.82, 2.24) is 14.7 Å². The van der Waals surface area contributed by atoms with E-state index in [9.17, 15) is 18.0 Å². The van der Waals surface area contributed by atoms with E-state index in [1.807, 2.05) is 0 Å². The Hall–Kier alpha value is -2.52. The van der Waals surface area contributed by atoms with Crippen molar-refractivity contribution in [3.05, 3.63) is 51.9 Å². The average molecular weight is 420 g/mol. The number of alkyl halides is 3. The second-order valence-electron chi connectivity index (χ2n) is 5.37. The van der Waals surface area contributed by atoms with Gasteiger partial charge in [0.1, 0.15) is 16.4 Å². The molecule has 0 amide bonds. The first kappa shape index (κ1) is 19.2. The van der Waals surface area contributed by atoms with Crippen LogP contribution in [0.25, 0.3) is 11.2 Å². The number of benzene rings is 1. The fraction of sp³-hybridized carbons (Fsp3) is 0.188. The summed E-state index contributed by atoms with van der Waals surface area (Å²) in [6.07, 6.45) is -4.88. The van der Waals surface area contributed by atoms with E-state index < -0.39 is 24.6 Å². The summed E-state index contributed by atoms with van der Waals surface area (Å²) in [5.74, 6) is -2.21. The van der Waals surface area contributed by atoms with Crippen molar-refractivity contribution in [3.63, 3.8) is 0 Å². The van der Waals surface area contributed by atoms with Crippen LogP contribution in [0, 0.1) is 6.92 Å². The number of carbonyl (C=O) groups is 1. The fourth-order valence-corrected chi connectivity index (χ4v) is 2.49. The summed E-state index contributed by atoms with van der Waals surface area (Å²) in [5, 5.41) is 0.332. The van der Waals surface area contributed by atoms with Gasteiger partial charge in [-0.05, 0) is 36.8 Å². The van der Waals surface area contributed by atoms with Crippen molar-refractivity contribution < 1.29 is 27.5 Å². The minimum Gasteiger partial charge on any atom is -0.481 e. The van der Waals surface area contributed by atoms with Crippen molar-refractivity contribution in [2.75, 3.05) is 6.61 Å². The lowest BCUT2D eigenvalue weighted by Crippen LogP contribution is -2.29. The number of aryl methyl sites for hydroxylation is 1. The monoisotopic (exact) mass is 419 g/mol. The van der Waals surface area contributed by atoms with Crippen molar-refractivity contribution in [2.45, 2.75) is 13.1 Å². The van der Waals surface area contributed by atoms with Crippen LogP contribution in [0.1, 0.15) is 11.4 Å². The number of rotatable bonds is 4. The Morgan fingerprint density at radius 1 is 1.19 bits per heavy atom. The van der Waals surface area contributed by atoms with Crippen LogP contribution >= 0.6 is 23.2 Å². The van der Waals surface area contributed by atoms with Gasteiger partial charge in [-0.3, -0.25) is 0 Å². The Bertz CT molecular complexity index is 1020. The number of fused-ring (bicyclic) bond motifs is 1. The Labute approximate surface area is 160 Å². The summed E-state index contributed by atoms with van der Waals surface area (Å²) >= 11 is 11.5. The zero-order valence-electron chi connectivity index (χ0n) is 13.6. The van der Waals surface area contributed by atoms with Gasteiger partial charge in [0.2, 0.25) is 0 Å². The zero-order valence-corrected chi connectivity index (χ0v) is 15.1. The molecule has 0 saturated heterocycles. The second kappa shape index (κ2) is 7.24. The molecule has 27 heavy (non-hydrogen) atoms. The maximum atomic E-state index is 13.2. The molecule has 2 aromatic heterocycles. The molecular formula is C16H10Cl2F3N3O3. The Morgan fingerprint density at radius 3 is 2.63 bits per heavy atom. The van der Waals surface area contributed by atoms with Crippen molar-refractivity contribution in [2.24, 2.45) is 0 Å². The van der Waals surface area contributed by atoms with Gasteiger partial charge in [0, 0.05) is 5.02 Å². The molecule has 0 spiro atoms. The number of hydrogen-bond acceptors (Lipinski definition) is 5. The Kier molecular flexibility index (Phi) is 5.16. The molecule has 0 atom stereocenters. The summed E-state index contributed by atoms with van der Waals surface area (Å²) in [5.41, 5.74) is 0.211. The van der Waals surface area contributed by atoms with Gasteiger partial charge in [0.15, 0.2) is 12.3 Å². The number of imidazole rings is 1. The van der Waals surface area contributed by atoms with Gasteiger partial charge < -0.3 is 9.57 Å². The van der Waals surface area contributed by atoms with Crippen LogP contribution in [0.2, 0.25) is 10.2 Å². The number of carbonyl (C=O) groups excluding carboxylic acids is 1. The number of aromatic nitrogens is 3. The third-order valence-corrected chi connectivity index (χ3v) is 3.83. The molecule has 3 aromatic rings. The van der Waals surface area contributed by atoms with Crippen molar-refractivity contribution >= 4 is 40.3 Å². The van der Waals surface area contributed by atoms with Gasteiger partial charge in [0.05, 0.1) is 0 Å². The van der Waals surface area contributed by atoms with Gasteiger partial charge in [0.25, 0.3) is 5.82 Å². The maximum Gasteiger partial charge on any atom is 0.453 e. The lowest BCUT2D eigenvalue weighted by molar-refractivity contribution is -0.163. The number of hydrogen-bond donors (Lipinski definition) is 0. The van der Waals surface area contributed by atoms with Gasteiger partial charge in [-0.15, -0.1) is 4.73 Å². The smallest absolute Gasteiger partial charge is 0.453 e. The summed E-state index contributed by atoms with van der Waals surface area (Å²) in [6.45, 7) is 1.08. The van der Waals surface area contributed by atoms with Crippen LogP contribution in [0.15, 0.2) is 30.3 Å². The summed E-state index contributed by atoms with van der Waals surface area (Å²) < 4.78 is 45.1. The molecule has 0 N–H and O–H groups in total. The number of nitrogens with zero attached hydrogens (tertiary/aromatic N) is 3. The van der Waals surface area contributed by atoms with Crippen LogP contribution in [0.3, 0.4) is 0 Å². The van der Waals surface area contributed by atoms with E-state index in [2.05, 4.69) is 9.97 Å². The molecule has 2 heterocycles. The lowest BCUT2D eigenvalue weighted by atomic mass is 10.2. The molecule has 0 unspecified atom stereocenters. The van der Waals surface area contributed by atoms with Gasteiger partial charge in [-0.2, -0.15) is 13.2 Å². The van der Waals surface area contributed by atoms with E-state index >= 15 is 0 Å². The fourth-order valence-electron chi connectivity index (χ4n) is 2.18. The van der Waals surface area contributed by atoms with Crippen LogP contribution in [-0.4, -0.2) is 27.3 Å². The largest absolute Gasteiger partial charge is 0.481 e. The molecule has 0 aliphatic carbocycles. The Morgan fingerprint density at radius 2 is 1.93 bits per heavy atom. The third kappa shape index (κ3) is 4.25. The molecule has 142 valence electrons. The van der Waals surface area contributed by atoms with Gasteiger partial charge in [-0.1, -0.05) is 29.3 Å². The first-order valence-electron chi connectivity index (χ1n) is 7.37. The molecule has 1 aromatic carbocycles. The normalized spacial score (nSPS) is 11.6. The minimum atomic E-state index is -4.88. The number of ether oxygens (including phenoxy) is 1. The zero-order chi connectivity index (χ0) is 19.8. The first-order valence-corrected chi connectivity index (χ1v) is 8.13. The Balaban J connectivity index is 1.85. The highest BCUT2D eigenvalue weighted by Crippen LogP contribution is 2.31. The minimum absolute atomic E-state index is 0.0491. The molecular weight excluding hydrogens is 410 g/mol. The highest BCUT2D eigenvalue weighted by molar-refractivity contribution is 6.30. The molecule has 0 saturated carbocycles. The van der Waals surface area contributed by atoms with Crippen molar-refractivity contribution in [3.8, 4) is 5.75 Å². The quantitative estimate of drug-likeness (QED) is 0.595.